The summed E-state index contributed by atoms with van der Waals surface area (Å²) in [5.41, 5.74) is 0.923. The normalized spacial score (nSPS) is 18.7. The van der Waals surface area contributed by atoms with Crippen LogP contribution < -0.4 is 10.6 Å². The van der Waals surface area contributed by atoms with E-state index in [2.05, 4.69) is 27.7 Å². The highest BCUT2D eigenvalue weighted by Crippen LogP contribution is 2.20. The second-order valence-corrected chi connectivity index (χ2v) is 7.13. The average Bonchev–Trinajstić information content (AvgIpc) is 2.92. The lowest BCUT2D eigenvalue weighted by Crippen LogP contribution is -2.49. The van der Waals surface area contributed by atoms with Crippen molar-refractivity contribution in [1.29, 1.82) is 0 Å². The van der Waals surface area contributed by atoms with Gasteiger partial charge in [0, 0.05) is 12.1 Å². The van der Waals surface area contributed by atoms with Crippen molar-refractivity contribution >= 4 is 11.8 Å². The molecule has 2 rings (SSSR count). The van der Waals surface area contributed by atoms with E-state index in [1.807, 2.05) is 39.0 Å². The van der Waals surface area contributed by atoms with Crippen molar-refractivity contribution in [3.05, 3.63) is 35.9 Å². The van der Waals surface area contributed by atoms with E-state index in [9.17, 15) is 9.59 Å². The molecule has 0 saturated carbocycles. The smallest absolute Gasteiger partial charge is 0.239 e. The minimum atomic E-state index is -0.283. The van der Waals surface area contributed by atoms with Gasteiger partial charge in [-0.2, -0.15) is 0 Å². The number of likely N-dealkylation sites (tertiary alicyclic amines) is 1. The van der Waals surface area contributed by atoms with E-state index < -0.39 is 0 Å². The number of carbonyl (C=O) groups is 2. The van der Waals surface area contributed by atoms with Crippen LogP contribution >= 0.6 is 0 Å². The highest BCUT2D eigenvalue weighted by atomic mass is 16.2. The van der Waals surface area contributed by atoms with E-state index in [0.29, 0.717) is 0 Å². The Bertz CT molecular complexity index is 537. The molecule has 0 aromatic heterocycles. The molecule has 126 valence electrons. The number of nitrogens with zero attached hydrogens (tertiary/aromatic N) is 1. The topological polar surface area (TPSA) is 61.4 Å². The second kappa shape index (κ2) is 7.59. The van der Waals surface area contributed by atoms with E-state index >= 15 is 0 Å². The summed E-state index contributed by atoms with van der Waals surface area (Å²) < 4.78 is 0. The van der Waals surface area contributed by atoms with Crippen LogP contribution in [0.15, 0.2) is 30.3 Å². The van der Waals surface area contributed by atoms with Gasteiger partial charge < -0.3 is 10.6 Å². The fourth-order valence-corrected chi connectivity index (χ4v) is 2.88. The average molecular weight is 317 g/mol. The number of carbonyl (C=O) groups excluding carboxylic acids is 2. The highest BCUT2D eigenvalue weighted by molar-refractivity contribution is 5.87. The predicted octanol–water partition coefficient (Wildman–Crippen LogP) is 1.68. The Balaban J connectivity index is 1.84. The molecule has 1 heterocycles. The Kier molecular flexibility index (Phi) is 5.77. The third-order valence-corrected chi connectivity index (χ3v) is 3.83. The summed E-state index contributed by atoms with van der Waals surface area (Å²) in [7, 11) is 0. The van der Waals surface area contributed by atoms with E-state index in [1.54, 1.807) is 0 Å². The molecular weight excluding hydrogens is 290 g/mol. The summed E-state index contributed by atoms with van der Waals surface area (Å²) in [6.45, 7) is 7.49. The third kappa shape index (κ3) is 5.67. The maximum Gasteiger partial charge on any atom is 0.239 e. The zero-order valence-corrected chi connectivity index (χ0v) is 14.3. The van der Waals surface area contributed by atoms with E-state index in [1.165, 1.54) is 5.56 Å². The Hall–Kier alpha value is -1.88. The molecule has 0 spiro atoms. The quantitative estimate of drug-likeness (QED) is 0.868. The van der Waals surface area contributed by atoms with Gasteiger partial charge in [-0.15, -0.1) is 0 Å². The first-order valence-electron chi connectivity index (χ1n) is 8.22. The molecule has 2 N–H and O–H groups in total. The molecule has 1 aromatic rings. The SMILES string of the molecule is CC(C)(C)NC(=O)CNC(=O)C1CCCN1Cc1ccccc1. The molecule has 5 nitrogen and oxygen atoms in total. The van der Waals surface area contributed by atoms with E-state index in [-0.39, 0.29) is 29.9 Å². The molecule has 1 aliphatic heterocycles. The first-order chi connectivity index (χ1) is 10.8. The van der Waals surface area contributed by atoms with Gasteiger partial charge in [0.2, 0.25) is 11.8 Å². The lowest BCUT2D eigenvalue weighted by molar-refractivity contribution is -0.129. The Labute approximate surface area is 138 Å². The van der Waals surface area contributed by atoms with Crippen molar-refractivity contribution in [2.45, 2.75) is 51.7 Å². The summed E-state index contributed by atoms with van der Waals surface area (Å²) in [4.78, 5) is 26.4. The molecule has 2 amide bonds. The lowest BCUT2D eigenvalue weighted by Gasteiger charge is -2.24. The summed E-state index contributed by atoms with van der Waals surface area (Å²) in [6.07, 6.45) is 1.86. The highest BCUT2D eigenvalue weighted by Gasteiger charge is 2.30. The Morgan fingerprint density at radius 2 is 1.91 bits per heavy atom. The maximum absolute atomic E-state index is 12.4. The van der Waals surface area contributed by atoms with Gasteiger partial charge in [-0.05, 0) is 45.7 Å². The number of hydrogen-bond donors (Lipinski definition) is 2. The summed E-state index contributed by atoms with van der Waals surface area (Å²) in [6, 6.07) is 10.0. The Morgan fingerprint density at radius 1 is 1.22 bits per heavy atom. The second-order valence-electron chi connectivity index (χ2n) is 7.13. The van der Waals surface area contributed by atoms with Crippen LogP contribution in [0.1, 0.15) is 39.2 Å². The molecule has 23 heavy (non-hydrogen) atoms. The standard InChI is InChI=1S/C18H27N3O2/c1-18(2,3)20-16(22)12-19-17(23)15-10-7-11-21(15)13-14-8-5-4-6-9-14/h4-6,8-9,15H,7,10-13H2,1-3H3,(H,19,23)(H,20,22). The molecule has 5 heteroatoms. The molecule has 1 aromatic carbocycles. The van der Waals surface area contributed by atoms with Crippen molar-refractivity contribution in [2.75, 3.05) is 13.1 Å². The van der Waals surface area contributed by atoms with Gasteiger partial charge in [0.25, 0.3) is 0 Å². The van der Waals surface area contributed by atoms with Crippen LogP contribution in [-0.4, -0.2) is 41.4 Å². The fraction of sp³-hybridized carbons (Fsp3) is 0.556. The molecule has 0 bridgehead atoms. The van der Waals surface area contributed by atoms with Gasteiger partial charge in [0.15, 0.2) is 0 Å². The molecule has 0 radical (unpaired) electrons. The number of hydrogen-bond acceptors (Lipinski definition) is 3. The van der Waals surface area contributed by atoms with Crippen LogP contribution in [0.5, 0.6) is 0 Å². The van der Waals surface area contributed by atoms with Crippen molar-refractivity contribution in [1.82, 2.24) is 15.5 Å². The van der Waals surface area contributed by atoms with Gasteiger partial charge in [-0.3, -0.25) is 14.5 Å². The largest absolute Gasteiger partial charge is 0.350 e. The molecule has 1 fully saturated rings. The van der Waals surface area contributed by atoms with Crippen LogP contribution in [-0.2, 0) is 16.1 Å². The van der Waals surface area contributed by atoms with Gasteiger partial charge in [0.05, 0.1) is 12.6 Å². The van der Waals surface area contributed by atoms with Gasteiger partial charge in [0.1, 0.15) is 0 Å². The van der Waals surface area contributed by atoms with Crippen LogP contribution in [0.25, 0.3) is 0 Å². The summed E-state index contributed by atoms with van der Waals surface area (Å²) in [5.74, 6) is -0.207. The van der Waals surface area contributed by atoms with Crippen LogP contribution in [0, 0.1) is 0 Å². The van der Waals surface area contributed by atoms with Gasteiger partial charge in [-0.25, -0.2) is 0 Å². The minimum absolute atomic E-state index is 0.0335. The minimum Gasteiger partial charge on any atom is -0.350 e. The number of nitrogens with one attached hydrogen (secondary N) is 2. The molecule has 1 unspecified atom stereocenters. The zero-order valence-electron chi connectivity index (χ0n) is 14.3. The zero-order chi connectivity index (χ0) is 16.9. The van der Waals surface area contributed by atoms with Crippen molar-refractivity contribution in [3.8, 4) is 0 Å². The predicted molar refractivity (Wildman–Crippen MR) is 90.8 cm³/mol. The Morgan fingerprint density at radius 3 is 2.57 bits per heavy atom. The van der Waals surface area contributed by atoms with Crippen molar-refractivity contribution < 1.29 is 9.59 Å². The first kappa shape index (κ1) is 17.5. The number of rotatable bonds is 5. The molecule has 1 aliphatic rings. The molecular formula is C18H27N3O2. The monoisotopic (exact) mass is 317 g/mol. The van der Waals surface area contributed by atoms with Crippen molar-refractivity contribution in [2.24, 2.45) is 0 Å². The first-order valence-corrected chi connectivity index (χ1v) is 8.22. The van der Waals surface area contributed by atoms with Crippen LogP contribution in [0.3, 0.4) is 0 Å². The van der Waals surface area contributed by atoms with E-state index in [4.69, 9.17) is 0 Å². The van der Waals surface area contributed by atoms with Gasteiger partial charge >= 0.3 is 0 Å². The fourth-order valence-electron chi connectivity index (χ4n) is 2.88. The van der Waals surface area contributed by atoms with Gasteiger partial charge in [-0.1, -0.05) is 30.3 Å². The molecule has 1 saturated heterocycles. The number of benzene rings is 1. The van der Waals surface area contributed by atoms with Crippen LogP contribution in [0.2, 0.25) is 0 Å². The third-order valence-electron chi connectivity index (χ3n) is 3.83. The molecule has 0 aliphatic carbocycles. The molecule has 1 atom stereocenters. The summed E-state index contributed by atoms with van der Waals surface area (Å²) in [5, 5.41) is 5.62. The lowest BCUT2D eigenvalue weighted by atomic mass is 10.1. The van der Waals surface area contributed by atoms with Crippen molar-refractivity contribution in [3.63, 3.8) is 0 Å². The summed E-state index contributed by atoms with van der Waals surface area (Å²) >= 11 is 0. The van der Waals surface area contributed by atoms with Crippen LogP contribution in [0.4, 0.5) is 0 Å². The number of amides is 2. The van der Waals surface area contributed by atoms with E-state index in [0.717, 1.165) is 25.9 Å². The maximum atomic E-state index is 12.4.